The van der Waals surface area contributed by atoms with Crippen LogP contribution in [0.4, 0.5) is 5.69 Å². The molecule has 1 amide bonds. The van der Waals surface area contributed by atoms with Crippen LogP contribution >= 0.6 is 0 Å². The summed E-state index contributed by atoms with van der Waals surface area (Å²) in [5.74, 6) is 1.93. The Morgan fingerprint density at radius 2 is 1.58 bits per heavy atom. The van der Waals surface area contributed by atoms with Crippen LogP contribution < -0.4 is 29.8 Å². The van der Waals surface area contributed by atoms with Crippen molar-refractivity contribution < 1.29 is 28.3 Å². The van der Waals surface area contributed by atoms with Crippen LogP contribution in [0.5, 0.6) is 23.0 Å². The Morgan fingerprint density at radius 3 is 2.24 bits per heavy atom. The number of nitrogens with zero attached hydrogens (tertiary/aromatic N) is 2. The number of amides is 1. The fourth-order valence-corrected chi connectivity index (χ4v) is 3.88. The maximum Gasteiger partial charge on any atom is 0.287 e. The number of anilines is 1. The van der Waals surface area contributed by atoms with Crippen molar-refractivity contribution in [3.05, 3.63) is 75.4 Å². The van der Waals surface area contributed by atoms with Crippen LogP contribution in [-0.2, 0) is 6.61 Å². The molecule has 0 aliphatic carbocycles. The summed E-state index contributed by atoms with van der Waals surface area (Å²) in [4.78, 5) is 30.1. The van der Waals surface area contributed by atoms with Crippen molar-refractivity contribution in [3.63, 3.8) is 0 Å². The van der Waals surface area contributed by atoms with E-state index in [0.717, 1.165) is 10.1 Å². The Morgan fingerprint density at radius 1 is 0.895 bits per heavy atom. The summed E-state index contributed by atoms with van der Waals surface area (Å²) in [6, 6.07) is 11.7. The maximum atomic E-state index is 13.3. The van der Waals surface area contributed by atoms with Gasteiger partial charge in [0.05, 0.1) is 31.2 Å². The number of carbonyl (C=O) groups is 1. The number of rotatable bonds is 11. The average Bonchev–Trinajstić information content (AvgIpc) is 3.26. The van der Waals surface area contributed by atoms with Crippen LogP contribution in [0.1, 0.15) is 48.1 Å². The summed E-state index contributed by atoms with van der Waals surface area (Å²) in [6.45, 7) is 10.5. The highest BCUT2D eigenvalue weighted by Crippen LogP contribution is 2.39. The van der Waals surface area contributed by atoms with Crippen LogP contribution in [-0.4, -0.2) is 35.3 Å². The molecule has 10 nitrogen and oxygen atoms in total. The van der Waals surface area contributed by atoms with E-state index in [1.165, 1.54) is 6.07 Å². The predicted molar refractivity (Wildman–Crippen MR) is 142 cm³/mol. The molecule has 0 radical (unpaired) electrons. The molecule has 1 N–H and O–H groups in total. The lowest BCUT2D eigenvalue weighted by Crippen LogP contribution is -2.16. The fraction of sp³-hybridized carbons (Fsp3) is 0.321. The second-order valence-corrected chi connectivity index (χ2v) is 8.43. The van der Waals surface area contributed by atoms with E-state index < -0.39 is 0 Å². The summed E-state index contributed by atoms with van der Waals surface area (Å²) < 4.78 is 29.6. The van der Waals surface area contributed by atoms with Gasteiger partial charge in [-0.25, -0.2) is 4.98 Å². The number of carbonyl (C=O) groups excluding carboxylic acids is 1. The van der Waals surface area contributed by atoms with E-state index in [1.807, 2.05) is 33.8 Å². The van der Waals surface area contributed by atoms with E-state index >= 15 is 0 Å². The quantitative estimate of drug-likeness (QED) is 0.296. The van der Waals surface area contributed by atoms with Gasteiger partial charge in [-0.15, -0.1) is 4.57 Å². The Labute approximate surface area is 220 Å². The molecule has 38 heavy (non-hydrogen) atoms. The molecule has 2 aromatic carbocycles. The Hall–Kier alpha value is -4.47. The zero-order valence-corrected chi connectivity index (χ0v) is 22.1. The Bertz CT molecular complexity index is 1480. The van der Waals surface area contributed by atoms with Crippen molar-refractivity contribution in [2.24, 2.45) is 0 Å². The second kappa shape index (κ2) is 11.7. The summed E-state index contributed by atoms with van der Waals surface area (Å²) in [6.07, 6.45) is 0. The normalized spacial score (nSPS) is 10.9. The lowest BCUT2D eigenvalue weighted by molar-refractivity contribution is 0.102. The van der Waals surface area contributed by atoms with Gasteiger partial charge in [0, 0.05) is 17.7 Å². The molecule has 0 bridgehead atoms. The lowest BCUT2D eigenvalue weighted by atomic mass is 10.1. The van der Waals surface area contributed by atoms with Crippen molar-refractivity contribution in [2.75, 3.05) is 25.1 Å². The van der Waals surface area contributed by atoms with Crippen LogP contribution in [0.2, 0.25) is 0 Å². The second-order valence-electron chi connectivity index (χ2n) is 8.43. The third-order valence-corrected chi connectivity index (χ3v) is 5.45. The molecule has 0 atom stereocenters. The first-order valence-electron chi connectivity index (χ1n) is 12.4. The first-order chi connectivity index (χ1) is 18.3. The van der Waals surface area contributed by atoms with Gasteiger partial charge in [0.15, 0.2) is 17.1 Å². The molecule has 10 heteroatoms. The van der Waals surface area contributed by atoms with Crippen molar-refractivity contribution in [1.29, 1.82) is 0 Å². The van der Waals surface area contributed by atoms with Gasteiger partial charge < -0.3 is 28.8 Å². The van der Waals surface area contributed by atoms with E-state index in [1.54, 1.807) is 37.3 Å². The molecule has 2 heterocycles. The smallest absolute Gasteiger partial charge is 0.287 e. The molecule has 200 valence electrons. The van der Waals surface area contributed by atoms with Crippen LogP contribution in [0, 0.1) is 13.8 Å². The topological polar surface area (TPSA) is 114 Å². The molecule has 0 unspecified atom stereocenters. The highest BCUT2D eigenvalue weighted by atomic mass is 16.5. The van der Waals surface area contributed by atoms with Gasteiger partial charge in [0.1, 0.15) is 18.1 Å². The molecule has 0 aliphatic heterocycles. The van der Waals surface area contributed by atoms with Crippen LogP contribution in [0.25, 0.3) is 5.65 Å². The fourth-order valence-electron chi connectivity index (χ4n) is 3.88. The summed E-state index contributed by atoms with van der Waals surface area (Å²) >= 11 is 0. The monoisotopic (exact) mass is 521 g/mol. The molecule has 0 fully saturated rings. The van der Waals surface area contributed by atoms with Gasteiger partial charge in [0.2, 0.25) is 5.75 Å². The van der Waals surface area contributed by atoms with Gasteiger partial charge in [-0.1, -0.05) is 6.07 Å². The van der Waals surface area contributed by atoms with E-state index in [2.05, 4.69) is 10.3 Å². The molecule has 0 spiro atoms. The number of ether oxygens (including phenoxy) is 4. The molecule has 2 aromatic heterocycles. The van der Waals surface area contributed by atoms with Gasteiger partial charge >= 0.3 is 0 Å². The summed E-state index contributed by atoms with van der Waals surface area (Å²) in [5.41, 5.74) is 2.22. The molecular weight excluding hydrogens is 490 g/mol. The van der Waals surface area contributed by atoms with E-state index in [-0.39, 0.29) is 18.1 Å². The molecule has 0 saturated carbocycles. The SMILES string of the molecule is CCOc1cc(C(=O)Nc2cc(C)ccc2OCc2cc(=O)n3oc(C)cc3n2)cc(OCC)c1OCC. The average molecular weight is 522 g/mol. The standard InChI is InChI=1S/C28H31N3O7/c1-6-34-23-13-19(14-24(35-7-2)27(23)36-8-3)28(33)30-21-11-17(4)9-10-22(21)37-16-20-15-26(32)31-25(29-20)12-18(5)38-31/h9-15H,6-8,16H2,1-5H3,(H,30,33). The maximum absolute atomic E-state index is 13.3. The van der Waals surface area contributed by atoms with E-state index in [9.17, 15) is 9.59 Å². The molecule has 4 rings (SSSR count). The number of fused-ring (bicyclic) bond motifs is 1. The number of benzene rings is 2. The molecular formula is C28H31N3O7. The van der Waals surface area contributed by atoms with Crippen molar-refractivity contribution in [1.82, 2.24) is 9.56 Å². The van der Waals surface area contributed by atoms with E-state index in [0.29, 0.717) is 71.2 Å². The van der Waals surface area contributed by atoms with Crippen molar-refractivity contribution >= 4 is 17.2 Å². The molecule has 0 aliphatic rings. The largest absolute Gasteiger partial charge is 0.490 e. The highest BCUT2D eigenvalue weighted by molar-refractivity contribution is 6.05. The van der Waals surface area contributed by atoms with Gasteiger partial charge in [-0.2, -0.15) is 0 Å². The van der Waals surface area contributed by atoms with Crippen molar-refractivity contribution in [2.45, 2.75) is 41.2 Å². The first-order valence-corrected chi connectivity index (χ1v) is 12.4. The van der Waals surface area contributed by atoms with Crippen LogP contribution in [0.3, 0.4) is 0 Å². The number of aromatic nitrogens is 2. The summed E-state index contributed by atoms with van der Waals surface area (Å²) in [7, 11) is 0. The minimum absolute atomic E-state index is 0.0218. The summed E-state index contributed by atoms with van der Waals surface area (Å²) in [5, 5.41) is 2.92. The van der Waals surface area contributed by atoms with Gasteiger partial charge in [0.25, 0.3) is 11.5 Å². The van der Waals surface area contributed by atoms with Gasteiger partial charge in [-0.05, 0) is 64.4 Å². The predicted octanol–water partition coefficient (Wildman–Crippen LogP) is 4.93. The Kier molecular flexibility index (Phi) is 8.20. The van der Waals surface area contributed by atoms with Gasteiger partial charge in [-0.3, -0.25) is 9.59 Å². The number of hydrogen-bond donors (Lipinski definition) is 1. The molecule has 4 aromatic rings. The minimum Gasteiger partial charge on any atom is -0.490 e. The minimum atomic E-state index is -0.378. The zero-order chi connectivity index (χ0) is 27.2. The van der Waals surface area contributed by atoms with Crippen LogP contribution in [0.15, 0.2) is 51.8 Å². The Balaban J connectivity index is 1.59. The highest BCUT2D eigenvalue weighted by Gasteiger charge is 2.20. The molecule has 0 saturated heterocycles. The first kappa shape index (κ1) is 26.6. The zero-order valence-electron chi connectivity index (χ0n) is 22.1. The number of nitrogens with one attached hydrogen (secondary N) is 1. The number of aryl methyl sites for hydroxylation is 2. The van der Waals surface area contributed by atoms with Crippen molar-refractivity contribution in [3.8, 4) is 23.0 Å². The number of hydrogen-bond acceptors (Lipinski definition) is 8. The third kappa shape index (κ3) is 5.91. The lowest BCUT2D eigenvalue weighted by Gasteiger charge is -2.18. The van der Waals surface area contributed by atoms with E-state index in [4.69, 9.17) is 23.5 Å². The third-order valence-electron chi connectivity index (χ3n) is 5.45.